The average Bonchev–Trinajstić information content (AvgIpc) is 3.13. The summed E-state index contributed by atoms with van der Waals surface area (Å²) in [5, 5.41) is 0.510. The van der Waals surface area contributed by atoms with Crippen LogP contribution in [0.4, 0.5) is 4.39 Å². The van der Waals surface area contributed by atoms with Gasteiger partial charge in [0.25, 0.3) is 5.56 Å². The first kappa shape index (κ1) is 17.7. The fourth-order valence-electron chi connectivity index (χ4n) is 4.69. The van der Waals surface area contributed by atoms with Crippen LogP contribution < -0.4 is 5.56 Å². The molecule has 2 aromatic rings. The van der Waals surface area contributed by atoms with Crippen molar-refractivity contribution in [3.05, 3.63) is 40.2 Å². The van der Waals surface area contributed by atoms with E-state index < -0.39 is 0 Å². The maximum atomic E-state index is 13.4. The highest BCUT2D eigenvalue weighted by atomic mass is 19.1. The molecule has 140 valence electrons. The van der Waals surface area contributed by atoms with Crippen molar-refractivity contribution in [1.82, 2.24) is 14.5 Å². The molecule has 1 aliphatic carbocycles. The highest BCUT2D eigenvalue weighted by Crippen LogP contribution is 2.27. The Morgan fingerprint density at radius 1 is 1.08 bits per heavy atom. The second-order valence-corrected chi connectivity index (χ2v) is 8.13. The number of halogens is 1. The number of benzene rings is 1. The van der Waals surface area contributed by atoms with Crippen LogP contribution in [0.2, 0.25) is 0 Å². The first-order valence-electron chi connectivity index (χ1n) is 9.99. The molecule has 1 saturated heterocycles. The average molecular weight is 357 g/mol. The Morgan fingerprint density at radius 2 is 1.77 bits per heavy atom. The van der Waals surface area contributed by atoms with E-state index in [4.69, 9.17) is 0 Å². The summed E-state index contributed by atoms with van der Waals surface area (Å²) in [5.41, 5.74) is 0.413. The Bertz CT molecular complexity index is 833. The van der Waals surface area contributed by atoms with Gasteiger partial charge in [-0.1, -0.05) is 12.8 Å². The summed E-state index contributed by atoms with van der Waals surface area (Å²) in [4.78, 5) is 19.9. The normalized spacial score (nSPS) is 20.2. The minimum Gasteiger partial charge on any atom is -0.303 e. The van der Waals surface area contributed by atoms with Crippen molar-refractivity contribution in [2.75, 3.05) is 19.6 Å². The predicted molar refractivity (Wildman–Crippen MR) is 102 cm³/mol. The van der Waals surface area contributed by atoms with Gasteiger partial charge in [0.15, 0.2) is 0 Å². The molecular weight excluding hydrogens is 329 g/mol. The molecule has 0 atom stereocenters. The number of likely N-dealkylation sites (tertiary alicyclic amines) is 1. The summed E-state index contributed by atoms with van der Waals surface area (Å²) in [6.07, 6.45) is 7.89. The summed E-state index contributed by atoms with van der Waals surface area (Å²) in [5.74, 6) is 1.75. The number of aryl methyl sites for hydroxylation is 1. The number of piperidine rings is 1. The molecule has 0 N–H and O–H groups in total. The highest BCUT2D eigenvalue weighted by molar-refractivity contribution is 5.77. The summed E-state index contributed by atoms with van der Waals surface area (Å²) in [6, 6.07) is 4.24. The molecule has 1 aromatic heterocycles. The van der Waals surface area contributed by atoms with Crippen LogP contribution in [0.1, 0.15) is 44.3 Å². The van der Waals surface area contributed by atoms with E-state index in [1.165, 1.54) is 44.4 Å². The van der Waals surface area contributed by atoms with Crippen molar-refractivity contribution >= 4 is 10.9 Å². The molecule has 5 heteroatoms. The summed E-state index contributed by atoms with van der Waals surface area (Å²) in [7, 11) is 0. The molecule has 0 amide bonds. The zero-order valence-electron chi connectivity index (χ0n) is 15.6. The third-order valence-electron chi connectivity index (χ3n) is 6.25. The van der Waals surface area contributed by atoms with Crippen molar-refractivity contribution in [2.45, 2.75) is 52.0 Å². The lowest BCUT2D eigenvalue weighted by molar-refractivity contribution is 0.152. The molecule has 1 saturated carbocycles. The molecule has 26 heavy (non-hydrogen) atoms. The largest absolute Gasteiger partial charge is 0.303 e. The van der Waals surface area contributed by atoms with Gasteiger partial charge < -0.3 is 4.90 Å². The third kappa shape index (κ3) is 3.68. The van der Waals surface area contributed by atoms with Crippen LogP contribution in [0, 0.1) is 24.6 Å². The topological polar surface area (TPSA) is 38.1 Å². The first-order valence-corrected chi connectivity index (χ1v) is 9.99. The van der Waals surface area contributed by atoms with Crippen LogP contribution in [0.5, 0.6) is 0 Å². The van der Waals surface area contributed by atoms with E-state index in [-0.39, 0.29) is 11.4 Å². The quantitative estimate of drug-likeness (QED) is 0.836. The minimum atomic E-state index is -0.351. The molecule has 1 aromatic carbocycles. The standard InChI is InChI=1S/C21H28FN3O/c1-15-23-20-12-18(22)6-7-19(20)21(26)25(15)14-17-8-10-24(11-9-17)13-16-4-2-3-5-16/h6-7,12,16-17H,2-5,8-11,13-14H2,1H3. The lowest BCUT2D eigenvalue weighted by Crippen LogP contribution is -2.39. The Balaban J connectivity index is 1.43. The number of hydrogen-bond donors (Lipinski definition) is 0. The molecule has 2 aliphatic rings. The fraction of sp³-hybridized carbons (Fsp3) is 0.619. The zero-order chi connectivity index (χ0) is 18.1. The Kier molecular flexibility index (Phi) is 5.07. The Morgan fingerprint density at radius 3 is 2.50 bits per heavy atom. The fourth-order valence-corrected chi connectivity index (χ4v) is 4.69. The molecule has 4 rings (SSSR count). The van der Waals surface area contributed by atoms with Gasteiger partial charge in [-0.3, -0.25) is 9.36 Å². The number of fused-ring (bicyclic) bond motifs is 1. The highest BCUT2D eigenvalue weighted by Gasteiger charge is 2.24. The molecule has 0 radical (unpaired) electrons. The third-order valence-corrected chi connectivity index (χ3v) is 6.25. The van der Waals surface area contributed by atoms with Gasteiger partial charge in [-0.15, -0.1) is 0 Å². The number of nitrogens with zero attached hydrogens (tertiary/aromatic N) is 3. The molecule has 0 spiro atoms. The molecule has 4 nitrogen and oxygen atoms in total. The monoisotopic (exact) mass is 357 g/mol. The molecule has 2 fully saturated rings. The van der Waals surface area contributed by atoms with Crippen molar-refractivity contribution in [3.8, 4) is 0 Å². The van der Waals surface area contributed by atoms with Crippen molar-refractivity contribution in [1.29, 1.82) is 0 Å². The van der Waals surface area contributed by atoms with Crippen LogP contribution in [0.25, 0.3) is 10.9 Å². The van der Waals surface area contributed by atoms with Crippen LogP contribution in [-0.2, 0) is 6.54 Å². The van der Waals surface area contributed by atoms with E-state index >= 15 is 0 Å². The second-order valence-electron chi connectivity index (χ2n) is 8.13. The number of aromatic nitrogens is 2. The van der Waals surface area contributed by atoms with Gasteiger partial charge in [-0.2, -0.15) is 0 Å². The van der Waals surface area contributed by atoms with Gasteiger partial charge in [0, 0.05) is 19.2 Å². The first-order chi connectivity index (χ1) is 12.6. The van der Waals surface area contributed by atoms with Gasteiger partial charge in [0.1, 0.15) is 11.6 Å². The van der Waals surface area contributed by atoms with Gasteiger partial charge >= 0.3 is 0 Å². The van der Waals surface area contributed by atoms with Crippen LogP contribution in [0.3, 0.4) is 0 Å². The molecule has 1 aliphatic heterocycles. The van der Waals surface area contributed by atoms with E-state index in [1.54, 1.807) is 10.6 Å². The van der Waals surface area contributed by atoms with E-state index in [9.17, 15) is 9.18 Å². The Labute approximate surface area is 154 Å². The number of rotatable bonds is 4. The maximum Gasteiger partial charge on any atom is 0.261 e. The molecule has 0 unspecified atom stereocenters. The number of hydrogen-bond acceptors (Lipinski definition) is 3. The lowest BCUT2D eigenvalue weighted by atomic mass is 9.95. The Hall–Kier alpha value is -1.75. The van der Waals surface area contributed by atoms with Gasteiger partial charge in [-0.25, -0.2) is 9.37 Å². The second kappa shape index (κ2) is 7.47. The smallest absolute Gasteiger partial charge is 0.261 e. The van der Waals surface area contributed by atoms with Gasteiger partial charge in [0.05, 0.1) is 10.9 Å². The molecular formula is C21H28FN3O. The molecule has 2 heterocycles. The van der Waals surface area contributed by atoms with Crippen molar-refractivity contribution in [3.63, 3.8) is 0 Å². The van der Waals surface area contributed by atoms with E-state index in [1.807, 2.05) is 6.92 Å². The maximum absolute atomic E-state index is 13.4. The van der Waals surface area contributed by atoms with Crippen molar-refractivity contribution in [2.24, 2.45) is 11.8 Å². The van der Waals surface area contributed by atoms with E-state index in [2.05, 4.69) is 9.88 Å². The van der Waals surface area contributed by atoms with Crippen LogP contribution in [0.15, 0.2) is 23.0 Å². The zero-order valence-corrected chi connectivity index (χ0v) is 15.6. The van der Waals surface area contributed by atoms with Gasteiger partial charge in [0.2, 0.25) is 0 Å². The minimum absolute atomic E-state index is 0.0408. The summed E-state index contributed by atoms with van der Waals surface area (Å²) < 4.78 is 15.2. The van der Waals surface area contributed by atoms with Crippen molar-refractivity contribution < 1.29 is 4.39 Å². The predicted octanol–water partition coefficient (Wildman–Crippen LogP) is 3.75. The van der Waals surface area contributed by atoms with E-state index in [0.29, 0.717) is 22.6 Å². The summed E-state index contributed by atoms with van der Waals surface area (Å²) in [6.45, 7) is 6.11. The SMILES string of the molecule is Cc1nc2cc(F)ccc2c(=O)n1CC1CCN(CC2CCCC2)CC1. The van der Waals surface area contributed by atoms with Crippen LogP contribution in [-0.4, -0.2) is 34.1 Å². The molecule has 0 bridgehead atoms. The van der Waals surface area contributed by atoms with E-state index in [0.717, 1.165) is 38.4 Å². The van der Waals surface area contributed by atoms with Crippen LogP contribution >= 0.6 is 0 Å². The lowest BCUT2D eigenvalue weighted by Gasteiger charge is -2.34. The van der Waals surface area contributed by atoms with Gasteiger partial charge in [-0.05, 0) is 69.7 Å². The summed E-state index contributed by atoms with van der Waals surface area (Å²) >= 11 is 0.